The van der Waals surface area contributed by atoms with Crippen molar-refractivity contribution >= 4 is 17.5 Å². The molecule has 0 radical (unpaired) electrons. The molecule has 0 saturated heterocycles. The second-order valence-electron chi connectivity index (χ2n) is 6.94. The van der Waals surface area contributed by atoms with Gasteiger partial charge in [0.25, 0.3) is 0 Å². The van der Waals surface area contributed by atoms with Gasteiger partial charge in [-0.2, -0.15) is 0 Å². The Morgan fingerprint density at radius 3 is 2.50 bits per heavy atom. The van der Waals surface area contributed by atoms with Crippen molar-refractivity contribution in [2.24, 2.45) is 0 Å². The van der Waals surface area contributed by atoms with E-state index in [1.165, 1.54) is 11.1 Å². The number of aromatic nitrogens is 1. The SMILES string of the molecule is CCc1ccc(-c2nc(CSCC(=O)CCCc3ccccc3)c(C)o2)cc1. The normalized spacial score (nSPS) is 10.9. The summed E-state index contributed by atoms with van der Waals surface area (Å²) in [5.41, 5.74) is 4.51. The van der Waals surface area contributed by atoms with Crippen molar-refractivity contribution in [2.75, 3.05) is 5.75 Å². The Morgan fingerprint density at radius 2 is 1.79 bits per heavy atom. The van der Waals surface area contributed by atoms with Gasteiger partial charge in [0.05, 0.1) is 11.4 Å². The van der Waals surface area contributed by atoms with E-state index in [-0.39, 0.29) is 0 Å². The number of hydrogen-bond acceptors (Lipinski definition) is 4. The first kappa shape index (κ1) is 20.4. The monoisotopic (exact) mass is 393 g/mol. The Morgan fingerprint density at radius 1 is 1.04 bits per heavy atom. The van der Waals surface area contributed by atoms with Gasteiger partial charge in [0.1, 0.15) is 11.5 Å². The molecule has 1 aromatic heterocycles. The van der Waals surface area contributed by atoms with Crippen LogP contribution in [-0.2, 0) is 23.4 Å². The summed E-state index contributed by atoms with van der Waals surface area (Å²) in [6, 6.07) is 18.6. The first-order valence-electron chi connectivity index (χ1n) is 9.84. The maximum absolute atomic E-state index is 12.1. The average Bonchev–Trinajstić information content (AvgIpc) is 3.09. The minimum Gasteiger partial charge on any atom is -0.441 e. The Bertz CT molecular complexity index is 885. The van der Waals surface area contributed by atoms with Crippen molar-refractivity contribution in [3.63, 3.8) is 0 Å². The van der Waals surface area contributed by atoms with E-state index in [1.807, 2.05) is 25.1 Å². The third-order valence-electron chi connectivity index (χ3n) is 4.77. The molecular weight excluding hydrogens is 366 g/mol. The summed E-state index contributed by atoms with van der Waals surface area (Å²) in [6.45, 7) is 4.08. The number of hydrogen-bond donors (Lipinski definition) is 0. The molecule has 0 unspecified atom stereocenters. The number of carbonyl (C=O) groups is 1. The molecule has 0 aliphatic carbocycles. The van der Waals surface area contributed by atoms with Crippen LogP contribution in [-0.4, -0.2) is 16.5 Å². The molecule has 0 bridgehead atoms. The molecule has 2 aromatic carbocycles. The smallest absolute Gasteiger partial charge is 0.226 e. The van der Waals surface area contributed by atoms with Crippen LogP contribution in [0, 0.1) is 6.92 Å². The van der Waals surface area contributed by atoms with Crippen molar-refractivity contribution < 1.29 is 9.21 Å². The van der Waals surface area contributed by atoms with Crippen LogP contribution in [0.2, 0.25) is 0 Å². The van der Waals surface area contributed by atoms with Gasteiger partial charge in [-0.15, -0.1) is 11.8 Å². The number of oxazole rings is 1. The van der Waals surface area contributed by atoms with Crippen molar-refractivity contribution in [3.8, 4) is 11.5 Å². The molecule has 4 heteroatoms. The molecule has 0 aliphatic rings. The van der Waals surface area contributed by atoms with Crippen LogP contribution in [0.15, 0.2) is 59.0 Å². The molecule has 3 nitrogen and oxygen atoms in total. The Balaban J connectivity index is 1.44. The van der Waals surface area contributed by atoms with Crippen molar-refractivity contribution in [1.82, 2.24) is 4.98 Å². The summed E-state index contributed by atoms with van der Waals surface area (Å²) in [6.07, 6.45) is 3.52. The largest absolute Gasteiger partial charge is 0.441 e. The van der Waals surface area contributed by atoms with E-state index in [4.69, 9.17) is 4.42 Å². The van der Waals surface area contributed by atoms with Crippen LogP contribution in [0.25, 0.3) is 11.5 Å². The minimum atomic E-state index is 0.303. The number of thioether (sulfide) groups is 1. The van der Waals surface area contributed by atoms with Crippen LogP contribution < -0.4 is 0 Å². The fourth-order valence-corrected chi connectivity index (χ4v) is 3.97. The van der Waals surface area contributed by atoms with Crippen LogP contribution in [0.3, 0.4) is 0 Å². The lowest BCUT2D eigenvalue weighted by Gasteiger charge is -2.02. The summed E-state index contributed by atoms with van der Waals surface area (Å²) >= 11 is 1.62. The minimum absolute atomic E-state index is 0.303. The van der Waals surface area contributed by atoms with Gasteiger partial charge in [-0.1, -0.05) is 49.4 Å². The Labute approximate surface area is 171 Å². The molecule has 28 heavy (non-hydrogen) atoms. The van der Waals surface area contributed by atoms with Crippen LogP contribution in [0.1, 0.15) is 42.3 Å². The van der Waals surface area contributed by atoms with Gasteiger partial charge in [-0.3, -0.25) is 4.79 Å². The fraction of sp³-hybridized carbons (Fsp3) is 0.333. The van der Waals surface area contributed by atoms with Gasteiger partial charge in [0.2, 0.25) is 5.89 Å². The fourth-order valence-electron chi connectivity index (χ4n) is 3.04. The molecule has 3 rings (SSSR count). The second kappa shape index (κ2) is 10.3. The summed E-state index contributed by atoms with van der Waals surface area (Å²) in [5.74, 6) is 3.02. The zero-order valence-electron chi connectivity index (χ0n) is 16.6. The third-order valence-corrected chi connectivity index (χ3v) is 5.77. The number of rotatable bonds is 10. The van der Waals surface area contributed by atoms with E-state index in [0.29, 0.717) is 29.6 Å². The number of nitrogens with zero attached hydrogens (tertiary/aromatic N) is 1. The van der Waals surface area contributed by atoms with Gasteiger partial charge in [-0.05, 0) is 49.4 Å². The molecule has 0 fully saturated rings. The summed E-state index contributed by atoms with van der Waals surface area (Å²) < 4.78 is 5.84. The molecular formula is C24H27NO2S. The van der Waals surface area contributed by atoms with Gasteiger partial charge in [-0.25, -0.2) is 4.98 Å². The van der Waals surface area contributed by atoms with Crippen molar-refractivity contribution in [1.29, 1.82) is 0 Å². The second-order valence-corrected chi connectivity index (χ2v) is 7.93. The zero-order chi connectivity index (χ0) is 19.8. The average molecular weight is 394 g/mol. The third kappa shape index (κ3) is 5.83. The van der Waals surface area contributed by atoms with Crippen molar-refractivity contribution in [3.05, 3.63) is 77.2 Å². The van der Waals surface area contributed by atoms with E-state index in [0.717, 1.165) is 36.3 Å². The molecule has 0 spiro atoms. The number of ketones is 1. The highest BCUT2D eigenvalue weighted by molar-refractivity contribution is 7.99. The molecule has 0 saturated carbocycles. The quantitative estimate of drug-likeness (QED) is 0.421. The van der Waals surface area contributed by atoms with Gasteiger partial charge < -0.3 is 4.42 Å². The molecule has 0 amide bonds. The Hall–Kier alpha value is -2.33. The van der Waals surface area contributed by atoms with Gasteiger partial charge in [0.15, 0.2) is 0 Å². The van der Waals surface area contributed by atoms with Gasteiger partial charge >= 0.3 is 0 Å². The molecule has 0 N–H and O–H groups in total. The predicted molar refractivity (Wildman–Crippen MR) is 117 cm³/mol. The maximum atomic E-state index is 12.1. The molecule has 1 heterocycles. The predicted octanol–water partition coefficient (Wildman–Crippen LogP) is 6.04. The molecule has 0 atom stereocenters. The first-order valence-corrected chi connectivity index (χ1v) is 11.0. The number of benzene rings is 2. The van der Waals surface area contributed by atoms with E-state index in [1.54, 1.807) is 11.8 Å². The number of Topliss-reactive ketones (excluding diaryl/α,β-unsaturated/α-hetero) is 1. The standard InChI is InChI=1S/C24H27NO2S/c1-3-19-12-14-21(15-13-19)24-25-23(18(2)27-24)17-28-16-22(26)11-7-10-20-8-5-4-6-9-20/h4-6,8-9,12-15H,3,7,10-11,16-17H2,1-2H3. The summed E-state index contributed by atoms with van der Waals surface area (Å²) in [4.78, 5) is 16.8. The molecule has 3 aromatic rings. The molecule has 0 aliphatic heterocycles. The summed E-state index contributed by atoms with van der Waals surface area (Å²) in [5, 5.41) is 0. The van der Waals surface area contributed by atoms with E-state index in [9.17, 15) is 4.79 Å². The van der Waals surface area contributed by atoms with Crippen molar-refractivity contribution in [2.45, 2.75) is 45.3 Å². The van der Waals surface area contributed by atoms with E-state index >= 15 is 0 Å². The van der Waals surface area contributed by atoms with E-state index in [2.05, 4.69) is 48.3 Å². The highest BCUT2D eigenvalue weighted by Gasteiger charge is 2.12. The number of aryl methyl sites for hydroxylation is 3. The van der Waals surface area contributed by atoms with Crippen LogP contribution >= 0.6 is 11.8 Å². The molecule has 146 valence electrons. The van der Waals surface area contributed by atoms with Crippen LogP contribution in [0.5, 0.6) is 0 Å². The zero-order valence-corrected chi connectivity index (χ0v) is 17.4. The lowest BCUT2D eigenvalue weighted by molar-refractivity contribution is -0.116. The number of carbonyl (C=O) groups excluding carboxylic acids is 1. The van der Waals surface area contributed by atoms with Crippen LogP contribution in [0.4, 0.5) is 0 Å². The van der Waals surface area contributed by atoms with Gasteiger partial charge in [0, 0.05) is 17.7 Å². The highest BCUT2D eigenvalue weighted by atomic mass is 32.2. The Kier molecular flexibility index (Phi) is 7.49. The maximum Gasteiger partial charge on any atom is 0.226 e. The highest BCUT2D eigenvalue weighted by Crippen LogP contribution is 2.25. The topological polar surface area (TPSA) is 43.1 Å². The van der Waals surface area contributed by atoms with E-state index < -0.39 is 0 Å². The summed E-state index contributed by atoms with van der Waals surface area (Å²) in [7, 11) is 0. The first-order chi connectivity index (χ1) is 13.7. The lowest BCUT2D eigenvalue weighted by atomic mass is 10.1. The lowest BCUT2D eigenvalue weighted by Crippen LogP contribution is -2.02.